The van der Waals surface area contributed by atoms with Crippen LogP contribution in [0.25, 0.3) is 6.08 Å². The largest absolute Gasteiger partial charge is 0.497 e. The van der Waals surface area contributed by atoms with E-state index in [1.807, 2.05) is 6.07 Å². The zero-order valence-corrected chi connectivity index (χ0v) is 17.3. The molecule has 0 aliphatic rings. The average molecular weight is 443 g/mol. The van der Waals surface area contributed by atoms with Gasteiger partial charge in [-0.2, -0.15) is 5.26 Å². The average Bonchev–Trinajstić information content (AvgIpc) is 2.83. The maximum absolute atomic E-state index is 12.4. The summed E-state index contributed by atoms with van der Waals surface area (Å²) in [4.78, 5) is 35.2. The van der Waals surface area contributed by atoms with Crippen molar-refractivity contribution in [3.05, 3.63) is 99.6 Å². The summed E-state index contributed by atoms with van der Waals surface area (Å²) in [7, 11) is 1.50. The lowest BCUT2D eigenvalue weighted by atomic mass is 10.1. The van der Waals surface area contributed by atoms with E-state index in [-0.39, 0.29) is 22.6 Å². The van der Waals surface area contributed by atoms with Gasteiger partial charge < -0.3 is 14.8 Å². The number of amides is 1. The van der Waals surface area contributed by atoms with E-state index in [1.54, 1.807) is 24.3 Å². The number of benzene rings is 3. The number of ether oxygens (including phenoxy) is 2. The molecule has 33 heavy (non-hydrogen) atoms. The lowest BCUT2D eigenvalue weighted by molar-refractivity contribution is -0.385. The number of nitro groups is 1. The SMILES string of the molecule is COc1cccc(NC(=O)/C(C#N)=C/c2ccc(OC(=O)c3ccccc3[N+](=O)[O-])cc2)c1. The first kappa shape index (κ1) is 22.7. The summed E-state index contributed by atoms with van der Waals surface area (Å²) in [6.45, 7) is 0. The lowest BCUT2D eigenvalue weighted by Crippen LogP contribution is -2.13. The zero-order chi connectivity index (χ0) is 23.8. The predicted octanol–water partition coefficient (Wildman–Crippen LogP) is 4.37. The molecule has 3 rings (SSSR count). The first-order valence-electron chi connectivity index (χ1n) is 9.54. The van der Waals surface area contributed by atoms with Crippen molar-refractivity contribution in [1.29, 1.82) is 5.26 Å². The fourth-order valence-electron chi connectivity index (χ4n) is 2.81. The number of rotatable bonds is 7. The first-order valence-corrected chi connectivity index (χ1v) is 9.54. The number of nitro benzene ring substituents is 1. The summed E-state index contributed by atoms with van der Waals surface area (Å²) in [5.41, 5.74) is 0.313. The van der Waals surface area contributed by atoms with Gasteiger partial charge in [0.2, 0.25) is 0 Å². The van der Waals surface area contributed by atoms with Crippen LogP contribution in [0.1, 0.15) is 15.9 Å². The fraction of sp³-hybridized carbons (Fsp3) is 0.0417. The van der Waals surface area contributed by atoms with E-state index in [4.69, 9.17) is 9.47 Å². The Kier molecular flexibility index (Phi) is 7.13. The van der Waals surface area contributed by atoms with Crippen LogP contribution in [-0.4, -0.2) is 23.9 Å². The van der Waals surface area contributed by atoms with E-state index in [0.717, 1.165) is 0 Å². The molecule has 0 fully saturated rings. The summed E-state index contributed by atoms with van der Waals surface area (Å²) >= 11 is 0. The molecule has 0 aliphatic carbocycles. The van der Waals surface area contributed by atoms with Gasteiger partial charge in [-0.1, -0.05) is 30.3 Å². The number of hydrogen-bond donors (Lipinski definition) is 1. The molecule has 9 heteroatoms. The number of para-hydroxylation sites is 1. The lowest BCUT2D eigenvalue weighted by Gasteiger charge is -2.07. The van der Waals surface area contributed by atoms with Crippen LogP contribution in [-0.2, 0) is 4.79 Å². The molecule has 164 valence electrons. The first-order chi connectivity index (χ1) is 15.9. The van der Waals surface area contributed by atoms with Gasteiger partial charge in [-0.3, -0.25) is 14.9 Å². The number of carbonyl (C=O) groups is 2. The van der Waals surface area contributed by atoms with Crippen LogP contribution < -0.4 is 14.8 Å². The van der Waals surface area contributed by atoms with E-state index < -0.39 is 16.8 Å². The quantitative estimate of drug-likeness (QED) is 0.143. The zero-order valence-electron chi connectivity index (χ0n) is 17.3. The van der Waals surface area contributed by atoms with Gasteiger partial charge in [0, 0.05) is 17.8 Å². The van der Waals surface area contributed by atoms with Crippen molar-refractivity contribution in [2.45, 2.75) is 0 Å². The molecular weight excluding hydrogens is 426 g/mol. The Labute approximate surface area is 188 Å². The third-order valence-electron chi connectivity index (χ3n) is 4.41. The maximum Gasteiger partial charge on any atom is 0.350 e. The number of methoxy groups -OCH3 is 1. The minimum Gasteiger partial charge on any atom is -0.497 e. The third kappa shape index (κ3) is 5.80. The minimum absolute atomic E-state index is 0.137. The maximum atomic E-state index is 12.4. The van der Waals surface area contributed by atoms with E-state index in [1.165, 1.54) is 61.7 Å². The number of anilines is 1. The molecule has 0 atom stereocenters. The highest BCUT2D eigenvalue weighted by atomic mass is 16.6. The highest BCUT2D eigenvalue weighted by Gasteiger charge is 2.21. The Hall–Kier alpha value is -4.97. The molecule has 3 aromatic carbocycles. The highest BCUT2D eigenvalue weighted by molar-refractivity contribution is 6.09. The van der Waals surface area contributed by atoms with Gasteiger partial charge in [-0.25, -0.2) is 4.79 Å². The Morgan fingerprint density at radius 3 is 2.42 bits per heavy atom. The van der Waals surface area contributed by atoms with E-state index in [0.29, 0.717) is 17.0 Å². The van der Waals surface area contributed by atoms with Crippen molar-refractivity contribution in [2.75, 3.05) is 12.4 Å². The van der Waals surface area contributed by atoms with E-state index in [9.17, 15) is 25.0 Å². The number of nitrogens with one attached hydrogen (secondary N) is 1. The number of esters is 1. The van der Waals surface area contributed by atoms with Crippen LogP contribution in [0.2, 0.25) is 0 Å². The molecule has 0 saturated heterocycles. The molecule has 3 aromatic rings. The van der Waals surface area contributed by atoms with E-state index in [2.05, 4.69) is 5.32 Å². The number of nitrogens with zero attached hydrogens (tertiary/aromatic N) is 2. The number of nitriles is 1. The molecule has 9 nitrogen and oxygen atoms in total. The topological polar surface area (TPSA) is 132 Å². The van der Waals surface area contributed by atoms with Crippen LogP contribution in [0.3, 0.4) is 0 Å². The van der Waals surface area contributed by atoms with Crippen molar-refractivity contribution in [3.8, 4) is 17.6 Å². The molecule has 0 bridgehead atoms. The summed E-state index contributed by atoms with van der Waals surface area (Å²) < 4.78 is 10.3. The summed E-state index contributed by atoms with van der Waals surface area (Å²) in [6.07, 6.45) is 1.38. The molecule has 1 amide bonds. The summed E-state index contributed by atoms with van der Waals surface area (Å²) in [5, 5.41) is 23.1. The van der Waals surface area contributed by atoms with E-state index >= 15 is 0 Å². The van der Waals surface area contributed by atoms with Crippen molar-refractivity contribution in [1.82, 2.24) is 0 Å². The second-order valence-corrected chi connectivity index (χ2v) is 6.59. The van der Waals surface area contributed by atoms with Gasteiger partial charge in [0.05, 0.1) is 12.0 Å². The van der Waals surface area contributed by atoms with Crippen molar-refractivity contribution in [3.63, 3.8) is 0 Å². The van der Waals surface area contributed by atoms with Gasteiger partial charge >= 0.3 is 5.97 Å². The second-order valence-electron chi connectivity index (χ2n) is 6.59. The minimum atomic E-state index is -0.874. The van der Waals surface area contributed by atoms with Crippen LogP contribution in [0.5, 0.6) is 11.5 Å². The predicted molar refractivity (Wildman–Crippen MR) is 120 cm³/mol. The van der Waals surface area contributed by atoms with Crippen LogP contribution in [0, 0.1) is 21.4 Å². The van der Waals surface area contributed by atoms with Crippen molar-refractivity contribution < 1.29 is 24.0 Å². The molecule has 0 spiro atoms. The molecule has 0 heterocycles. The monoisotopic (exact) mass is 443 g/mol. The second kappa shape index (κ2) is 10.4. The molecule has 0 saturated carbocycles. The fourth-order valence-corrected chi connectivity index (χ4v) is 2.81. The Morgan fingerprint density at radius 1 is 1.03 bits per heavy atom. The van der Waals surface area contributed by atoms with Crippen molar-refractivity contribution >= 4 is 29.3 Å². The van der Waals surface area contributed by atoms with Gasteiger partial charge in [-0.15, -0.1) is 0 Å². The van der Waals surface area contributed by atoms with Crippen LogP contribution >= 0.6 is 0 Å². The standard InChI is InChI=1S/C24H17N3O6/c1-32-20-6-4-5-18(14-20)26-23(28)17(15-25)13-16-9-11-19(12-10-16)33-24(29)21-7-2-3-8-22(21)27(30)31/h2-14H,1H3,(H,26,28)/b17-13+. The Bertz CT molecular complexity index is 1280. The highest BCUT2D eigenvalue weighted by Crippen LogP contribution is 2.22. The Morgan fingerprint density at radius 2 is 1.76 bits per heavy atom. The number of carbonyl (C=O) groups excluding carboxylic acids is 2. The third-order valence-corrected chi connectivity index (χ3v) is 4.41. The van der Waals surface area contributed by atoms with Crippen LogP contribution in [0.4, 0.5) is 11.4 Å². The van der Waals surface area contributed by atoms with Crippen LogP contribution in [0.15, 0.2) is 78.4 Å². The molecule has 1 N–H and O–H groups in total. The smallest absolute Gasteiger partial charge is 0.350 e. The number of hydrogen-bond acceptors (Lipinski definition) is 7. The van der Waals surface area contributed by atoms with Gasteiger partial charge in [0.1, 0.15) is 28.7 Å². The molecule has 0 aliphatic heterocycles. The van der Waals surface area contributed by atoms with Gasteiger partial charge in [-0.05, 0) is 42.0 Å². The normalized spacial score (nSPS) is 10.6. The van der Waals surface area contributed by atoms with Gasteiger partial charge in [0.15, 0.2) is 0 Å². The molecule has 0 radical (unpaired) electrons. The Balaban J connectivity index is 1.72. The molecular formula is C24H17N3O6. The van der Waals surface area contributed by atoms with Crippen molar-refractivity contribution in [2.24, 2.45) is 0 Å². The molecule has 0 aromatic heterocycles. The molecule has 0 unspecified atom stereocenters. The van der Waals surface area contributed by atoms with Gasteiger partial charge in [0.25, 0.3) is 11.6 Å². The summed E-state index contributed by atoms with van der Waals surface area (Å²) in [6, 6.07) is 20.0. The summed E-state index contributed by atoms with van der Waals surface area (Å²) in [5.74, 6) is -0.769.